The van der Waals surface area contributed by atoms with Gasteiger partial charge in [-0.05, 0) is 41.5 Å². The molecule has 0 bridgehead atoms. The third-order valence-electron chi connectivity index (χ3n) is 3.35. The van der Waals surface area contributed by atoms with Crippen molar-refractivity contribution in [1.82, 2.24) is 5.32 Å². The average Bonchev–Trinajstić information content (AvgIpc) is 2.38. The molecule has 2 unspecified atom stereocenters. The molecular weight excluding hydrogens is 226 g/mol. The molecule has 0 amide bonds. The van der Waals surface area contributed by atoms with Crippen molar-refractivity contribution in [2.24, 2.45) is 0 Å². The van der Waals surface area contributed by atoms with Crippen molar-refractivity contribution in [2.75, 3.05) is 5.75 Å². The van der Waals surface area contributed by atoms with Crippen LogP contribution in [-0.4, -0.2) is 11.8 Å². The van der Waals surface area contributed by atoms with E-state index in [1.807, 2.05) is 11.8 Å². The van der Waals surface area contributed by atoms with Gasteiger partial charge in [0.15, 0.2) is 0 Å². The fourth-order valence-electron chi connectivity index (χ4n) is 2.32. The lowest BCUT2D eigenvalue weighted by Gasteiger charge is -2.28. The van der Waals surface area contributed by atoms with Gasteiger partial charge in [-0.25, -0.2) is 0 Å². The third kappa shape index (κ3) is 2.33. The van der Waals surface area contributed by atoms with E-state index in [1.54, 1.807) is 0 Å². The lowest BCUT2D eigenvalue weighted by molar-refractivity contribution is 0.512. The van der Waals surface area contributed by atoms with E-state index in [-0.39, 0.29) is 0 Å². The zero-order valence-corrected chi connectivity index (χ0v) is 10.8. The van der Waals surface area contributed by atoms with Crippen molar-refractivity contribution in [1.29, 1.82) is 0 Å². The van der Waals surface area contributed by atoms with E-state index in [9.17, 15) is 0 Å². The normalized spacial score (nSPS) is 25.0. The van der Waals surface area contributed by atoms with Crippen LogP contribution in [0.5, 0.6) is 0 Å². The van der Waals surface area contributed by atoms with Crippen LogP contribution in [0.1, 0.15) is 24.3 Å². The quantitative estimate of drug-likeness (QED) is 0.814. The van der Waals surface area contributed by atoms with Gasteiger partial charge in [-0.1, -0.05) is 36.4 Å². The highest BCUT2D eigenvalue weighted by Crippen LogP contribution is 2.32. The summed E-state index contributed by atoms with van der Waals surface area (Å²) in [4.78, 5) is 0. The Morgan fingerprint density at radius 3 is 2.76 bits per heavy atom. The number of thioether (sulfide) groups is 1. The molecule has 1 N–H and O–H groups in total. The second kappa shape index (κ2) is 4.71. The van der Waals surface area contributed by atoms with E-state index in [2.05, 4.69) is 54.7 Å². The Bertz CT molecular complexity index is 523. The van der Waals surface area contributed by atoms with Crippen LogP contribution in [0, 0.1) is 0 Å². The van der Waals surface area contributed by atoms with Crippen LogP contribution in [0.4, 0.5) is 0 Å². The summed E-state index contributed by atoms with van der Waals surface area (Å²) in [5, 5.41) is 6.78. The lowest BCUT2D eigenvalue weighted by Crippen LogP contribution is -2.33. The fourth-order valence-corrected chi connectivity index (χ4v) is 3.71. The van der Waals surface area contributed by atoms with Crippen molar-refractivity contribution in [3.05, 3.63) is 48.0 Å². The minimum atomic E-state index is 0.461. The Balaban J connectivity index is 1.94. The Hall–Kier alpha value is -0.990. The van der Waals surface area contributed by atoms with Crippen molar-refractivity contribution >= 4 is 22.5 Å². The van der Waals surface area contributed by atoms with Gasteiger partial charge < -0.3 is 0 Å². The Kier molecular flexibility index (Phi) is 3.08. The van der Waals surface area contributed by atoms with Crippen molar-refractivity contribution < 1.29 is 0 Å². The molecule has 0 radical (unpaired) electrons. The maximum atomic E-state index is 3.66. The Labute approximate surface area is 107 Å². The van der Waals surface area contributed by atoms with Crippen molar-refractivity contribution in [3.8, 4) is 0 Å². The average molecular weight is 243 g/mol. The van der Waals surface area contributed by atoms with Crippen molar-refractivity contribution in [2.45, 2.75) is 24.8 Å². The zero-order valence-electron chi connectivity index (χ0n) is 10.0. The van der Waals surface area contributed by atoms with Gasteiger partial charge in [0, 0.05) is 6.04 Å². The fraction of sp³-hybridized carbons (Fsp3) is 0.333. The van der Waals surface area contributed by atoms with Gasteiger partial charge in [-0.2, -0.15) is 0 Å². The zero-order chi connectivity index (χ0) is 11.7. The molecule has 1 aliphatic rings. The molecule has 1 aliphatic heterocycles. The molecule has 3 rings (SSSR count). The smallest absolute Gasteiger partial charge is 0.0791 e. The predicted octanol–water partition coefficient (Wildman–Crippen LogP) is 3.95. The maximum Gasteiger partial charge on any atom is 0.0791 e. The number of hydrogen-bond donors (Lipinski definition) is 1. The van der Waals surface area contributed by atoms with Gasteiger partial charge in [-0.15, -0.1) is 11.8 Å². The second-order valence-electron chi connectivity index (χ2n) is 4.71. The van der Waals surface area contributed by atoms with Crippen LogP contribution in [-0.2, 0) is 0 Å². The van der Waals surface area contributed by atoms with E-state index in [0.717, 1.165) is 0 Å². The minimum absolute atomic E-state index is 0.461. The first-order valence-corrected chi connectivity index (χ1v) is 7.24. The van der Waals surface area contributed by atoms with E-state index in [1.165, 1.54) is 28.5 Å². The highest BCUT2D eigenvalue weighted by molar-refractivity contribution is 7.99. The summed E-state index contributed by atoms with van der Waals surface area (Å²) in [5.74, 6) is 1.26. The topological polar surface area (TPSA) is 12.0 Å². The van der Waals surface area contributed by atoms with Crippen LogP contribution < -0.4 is 5.32 Å². The molecule has 2 aromatic rings. The predicted molar refractivity (Wildman–Crippen MR) is 76.4 cm³/mol. The monoisotopic (exact) mass is 243 g/mol. The molecule has 1 saturated heterocycles. The number of hydrogen-bond acceptors (Lipinski definition) is 2. The van der Waals surface area contributed by atoms with E-state index in [4.69, 9.17) is 0 Å². The summed E-state index contributed by atoms with van der Waals surface area (Å²) in [6, 6.07) is 16.0. The molecule has 0 aliphatic carbocycles. The number of benzene rings is 2. The molecule has 17 heavy (non-hydrogen) atoms. The third-order valence-corrected chi connectivity index (χ3v) is 4.56. The summed E-state index contributed by atoms with van der Waals surface area (Å²) < 4.78 is 0. The summed E-state index contributed by atoms with van der Waals surface area (Å²) >= 11 is 2.02. The summed E-state index contributed by atoms with van der Waals surface area (Å²) in [7, 11) is 0. The van der Waals surface area contributed by atoms with Crippen molar-refractivity contribution in [3.63, 3.8) is 0 Å². The molecule has 0 spiro atoms. The van der Waals surface area contributed by atoms with Gasteiger partial charge in [0.1, 0.15) is 0 Å². The Morgan fingerprint density at radius 1 is 1.12 bits per heavy atom. The second-order valence-corrected chi connectivity index (χ2v) is 5.93. The largest absolute Gasteiger partial charge is 0.299 e. The highest BCUT2D eigenvalue weighted by atomic mass is 32.2. The first kappa shape index (κ1) is 11.1. The highest BCUT2D eigenvalue weighted by Gasteiger charge is 2.19. The summed E-state index contributed by atoms with van der Waals surface area (Å²) in [6.45, 7) is 2.27. The van der Waals surface area contributed by atoms with E-state index >= 15 is 0 Å². The molecule has 0 aromatic heterocycles. The number of rotatable bonds is 1. The molecule has 1 heterocycles. The standard InChI is InChI=1S/C15H17NS/c1-11-8-9-17-15(16-11)14-7-6-12-4-2-3-5-13(12)10-14/h2-7,10-11,15-16H,8-9H2,1H3. The van der Waals surface area contributed by atoms with Crippen LogP contribution in [0.15, 0.2) is 42.5 Å². The van der Waals surface area contributed by atoms with Gasteiger partial charge in [0.2, 0.25) is 0 Å². The number of nitrogens with one attached hydrogen (secondary N) is 1. The van der Waals surface area contributed by atoms with Crippen LogP contribution in [0.3, 0.4) is 0 Å². The lowest BCUT2D eigenvalue weighted by atomic mass is 10.1. The first-order chi connectivity index (χ1) is 8.33. The van der Waals surface area contributed by atoms with Crippen LogP contribution >= 0.6 is 11.8 Å². The van der Waals surface area contributed by atoms with Gasteiger partial charge in [-0.3, -0.25) is 5.32 Å². The molecule has 88 valence electrons. The molecule has 0 saturated carbocycles. The van der Waals surface area contributed by atoms with E-state index < -0.39 is 0 Å². The van der Waals surface area contributed by atoms with Gasteiger partial charge >= 0.3 is 0 Å². The molecule has 1 nitrogen and oxygen atoms in total. The summed E-state index contributed by atoms with van der Waals surface area (Å²) in [6.07, 6.45) is 1.27. The molecule has 2 atom stereocenters. The summed E-state index contributed by atoms with van der Waals surface area (Å²) in [5.41, 5.74) is 1.40. The molecule has 2 aromatic carbocycles. The molecule has 1 fully saturated rings. The van der Waals surface area contributed by atoms with E-state index in [0.29, 0.717) is 11.4 Å². The maximum absolute atomic E-state index is 3.66. The molecule has 2 heteroatoms. The van der Waals surface area contributed by atoms with Gasteiger partial charge in [0.25, 0.3) is 0 Å². The first-order valence-electron chi connectivity index (χ1n) is 6.19. The van der Waals surface area contributed by atoms with Crippen LogP contribution in [0.2, 0.25) is 0 Å². The van der Waals surface area contributed by atoms with Crippen LogP contribution in [0.25, 0.3) is 10.8 Å². The number of fused-ring (bicyclic) bond motifs is 1. The Morgan fingerprint density at radius 2 is 1.94 bits per heavy atom. The minimum Gasteiger partial charge on any atom is -0.299 e. The molecular formula is C15H17NS. The SMILES string of the molecule is CC1CCSC(c2ccc3ccccc3c2)N1. The van der Waals surface area contributed by atoms with Gasteiger partial charge in [0.05, 0.1) is 5.37 Å².